The van der Waals surface area contributed by atoms with E-state index in [1.165, 1.54) is 0 Å². The van der Waals surface area contributed by atoms with Crippen molar-refractivity contribution in [1.82, 2.24) is 0 Å². The fourth-order valence-electron chi connectivity index (χ4n) is 0. The third-order valence-corrected chi connectivity index (χ3v) is 0. The SMILES string of the molecule is [Al+3].[Mg+2].[O-2].[Zn+2]. The van der Waals surface area contributed by atoms with Gasteiger partial charge in [0.1, 0.15) is 0 Å². The van der Waals surface area contributed by atoms with E-state index in [0.29, 0.717) is 0 Å². The van der Waals surface area contributed by atoms with Gasteiger partial charge in [-0.05, 0) is 0 Å². The van der Waals surface area contributed by atoms with Gasteiger partial charge in [0.25, 0.3) is 0 Å². The van der Waals surface area contributed by atoms with Gasteiger partial charge in [0, 0.05) is 0 Å². The third kappa shape index (κ3) is 9.10. The number of rotatable bonds is 0. The second-order valence-electron chi connectivity index (χ2n) is 0. The molecule has 4 heavy (non-hydrogen) atoms. The molecule has 0 radical (unpaired) electrons. The van der Waals surface area contributed by atoms with Gasteiger partial charge in [0.15, 0.2) is 0 Å². The molecule has 4 heteroatoms. The summed E-state index contributed by atoms with van der Waals surface area (Å²) in [5.41, 5.74) is 0. The number of hydrogen-bond donors (Lipinski definition) is 0. The van der Waals surface area contributed by atoms with Gasteiger partial charge in [0.2, 0.25) is 0 Å². The topological polar surface area (TPSA) is 28.5 Å². The van der Waals surface area contributed by atoms with Crippen LogP contribution in [0, 0.1) is 0 Å². The van der Waals surface area contributed by atoms with E-state index in [9.17, 15) is 0 Å². The zero-order valence-electron chi connectivity index (χ0n) is 2.40. The molecule has 0 aromatic rings. The molecular formula is AlMgOZn+5. The molecule has 0 aromatic carbocycles. The number of hydrogen-bond acceptors (Lipinski definition) is 0. The summed E-state index contributed by atoms with van der Waals surface area (Å²) < 4.78 is 0. The largest absolute Gasteiger partial charge is 3.00 e. The average molecular weight is 133 g/mol. The van der Waals surface area contributed by atoms with Crippen molar-refractivity contribution < 1.29 is 25.0 Å². The molecule has 0 fully saturated rings. The van der Waals surface area contributed by atoms with E-state index in [1.807, 2.05) is 0 Å². The molecule has 0 amide bonds. The van der Waals surface area contributed by atoms with E-state index in [-0.39, 0.29) is 65.4 Å². The first-order valence-corrected chi connectivity index (χ1v) is 0. The molecule has 0 aliphatic carbocycles. The van der Waals surface area contributed by atoms with E-state index in [0.717, 1.165) is 0 Å². The van der Waals surface area contributed by atoms with Crippen molar-refractivity contribution >= 4 is 40.4 Å². The minimum atomic E-state index is 0. The van der Waals surface area contributed by atoms with Crippen molar-refractivity contribution in [1.29, 1.82) is 0 Å². The summed E-state index contributed by atoms with van der Waals surface area (Å²) in [6, 6.07) is 0. The zero-order valence-corrected chi connectivity index (χ0v) is 7.94. The van der Waals surface area contributed by atoms with Crippen molar-refractivity contribution in [3.63, 3.8) is 0 Å². The van der Waals surface area contributed by atoms with Crippen LogP contribution in [0.5, 0.6) is 0 Å². The van der Waals surface area contributed by atoms with Crippen LogP contribution in [0.25, 0.3) is 0 Å². The Bertz CT molecular complexity index is 8.00. The van der Waals surface area contributed by atoms with E-state index >= 15 is 0 Å². The van der Waals surface area contributed by atoms with Crippen LogP contribution in [0.15, 0.2) is 0 Å². The summed E-state index contributed by atoms with van der Waals surface area (Å²) in [4.78, 5) is 0. The van der Waals surface area contributed by atoms with Gasteiger partial charge >= 0.3 is 59.9 Å². The van der Waals surface area contributed by atoms with Crippen molar-refractivity contribution in [3.8, 4) is 0 Å². The summed E-state index contributed by atoms with van der Waals surface area (Å²) in [6.45, 7) is 0. The first-order chi connectivity index (χ1) is 0. The van der Waals surface area contributed by atoms with Gasteiger partial charge in [-0.25, -0.2) is 0 Å². The quantitative estimate of drug-likeness (QED) is 0.383. The molecule has 0 unspecified atom stereocenters. The smallest absolute Gasteiger partial charge is 2.00 e. The van der Waals surface area contributed by atoms with Crippen LogP contribution in [-0.4, -0.2) is 40.4 Å². The zero-order chi connectivity index (χ0) is 0. The molecule has 0 atom stereocenters. The molecule has 0 rings (SSSR count). The Morgan fingerprint density at radius 1 is 1.00 bits per heavy atom. The Labute approximate surface area is 64.9 Å². The van der Waals surface area contributed by atoms with E-state index in [2.05, 4.69) is 0 Å². The molecule has 8 valence electrons. The van der Waals surface area contributed by atoms with Crippen LogP contribution < -0.4 is 0 Å². The summed E-state index contributed by atoms with van der Waals surface area (Å²) in [7, 11) is 0. The summed E-state index contributed by atoms with van der Waals surface area (Å²) in [5, 5.41) is 0. The molecule has 0 aliphatic heterocycles. The predicted molar refractivity (Wildman–Crippen MR) is 12.2 cm³/mol. The van der Waals surface area contributed by atoms with Crippen LogP contribution in [0.3, 0.4) is 0 Å². The molecule has 0 saturated heterocycles. The fourth-order valence-corrected chi connectivity index (χ4v) is 0. The van der Waals surface area contributed by atoms with Gasteiger partial charge < -0.3 is 5.48 Å². The Hall–Kier alpha value is 1.88. The molecular weight excluding hydrogens is 133 g/mol. The van der Waals surface area contributed by atoms with E-state index in [4.69, 9.17) is 0 Å². The Morgan fingerprint density at radius 2 is 1.00 bits per heavy atom. The molecule has 0 heterocycles. The summed E-state index contributed by atoms with van der Waals surface area (Å²) in [5.74, 6) is 0. The average Bonchev–Trinajstić information content (AvgIpc) is 0. The van der Waals surface area contributed by atoms with Gasteiger partial charge in [-0.15, -0.1) is 0 Å². The second kappa shape index (κ2) is 20.8. The monoisotopic (exact) mass is 131 g/mol. The van der Waals surface area contributed by atoms with Gasteiger partial charge in [-0.1, -0.05) is 0 Å². The van der Waals surface area contributed by atoms with Crippen LogP contribution >= 0.6 is 0 Å². The fraction of sp³-hybridized carbons (Fsp3) is 0. The standard InChI is InChI=1S/Al.Mg.O.Zn/q+3;+2;-2;+2. The predicted octanol–water partition coefficient (Wildman–Crippen LogP) is -0.883. The van der Waals surface area contributed by atoms with E-state index in [1.54, 1.807) is 0 Å². The maximum absolute atomic E-state index is 0. The summed E-state index contributed by atoms with van der Waals surface area (Å²) >= 11 is 0. The summed E-state index contributed by atoms with van der Waals surface area (Å²) in [6.07, 6.45) is 0. The second-order valence-corrected chi connectivity index (χ2v) is 0. The molecule has 0 aliphatic rings. The van der Waals surface area contributed by atoms with Crippen LogP contribution in [0.4, 0.5) is 0 Å². The Kier molecular flexibility index (Phi) is 206. The van der Waals surface area contributed by atoms with Gasteiger partial charge in [-0.2, -0.15) is 0 Å². The minimum absolute atomic E-state index is 0. The normalized spacial score (nSPS) is 0. The maximum Gasteiger partial charge on any atom is 3.00 e. The molecule has 0 bridgehead atoms. The van der Waals surface area contributed by atoms with Gasteiger partial charge in [-0.3, -0.25) is 0 Å². The molecule has 0 N–H and O–H groups in total. The minimum Gasteiger partial charge on any atom is -2.00 e. The molecule has 0 saturated carbocycles. The molecule has 0 aromatic heterocycles. The van der Waals surface area contributed by atoms with Crippen molar-refractivity contribution in [2.24, 2.45) is 0 Å². The van der Waals surface area contributed by atoms with E-state index < -0.39 is 0 Å². The molecule has 0 spiro atoms. The van der Waals surface area contributed by atoms with Crippen LogP contribution in [-0.2, 0) is 25.0 Å². The first kappa shape index (κ1) is 39.6. The third-order valence-electron chi connectivity index (χ3n) is 0. The molecule has 1 nitrogen and oxygen atoms in total. The Balaban J connectivity index is 0. The van der Waals surface area contributed by atoms with Crippen LogP contribution in [0.2, 0.25) is 0 Å². The Morgan fingerprint density at radius 3 is 1.00 bits per heavy atom. The van der Waals surface area contributed by atoms with Crippen molar-refractivity contribution in [2.75, 3.05) is 0 Å². The van der Waals surface area contributed by atoms with Crippen molar-refractivity contribution in [3.05, 3.63) is 0 Å². The van der Waals surface area contributed by atoms with Gasteiger partial charge in [0.05, 0.1) is 0 Å². The van der Waals surface area contributed by atoms with Crippen LogP contribution in [0.1, 0.15) is 0 Å². The van der Waals surface area contributed by atoms with Crippen molar-refractivity contribution in [2.45, 2.75) is 0 Å². The maximum atomic E-state index is 0. The first-order valence-electron chi connectivity index (χ1n) is 0.